The molecule has 1 amide bonds. The van der Waals surface area contributed by atoms with Crippen molar-refractivity contribution in [3.63, 3.8) is 0 Å². The van der Waals surface area contributed by atoms with Crippen molar-refractivity contribution >= 4 is 11.6 Å². The predicted octanol–water partition coefficient (Wildman–Crippen LogP) is 3.26. The number of nitrogens with one attached hydrogen (secondary N) is 1. The molecule has 0 saturated carbocycles. The Morgan fingerprint density at radius 2 is 2.05 bits per heavy atom. The Bertz CT molecular complexity index is 613. The van der Waals surface area contributed by atoms with Gasteiger partial charge < -0.3 is 14.6 Å². The minimum absolute atomic E-state index is 0.0469. The lowest BCUT2D eigenvalue weighted by Crippen LogP contribution is -2.16. The largest absolute Gasteiger partial charge is 0.489 e. The van der Waals surface area contributed by atoms with E-state index in [1.807, 2.05) is 45.0 Å². The van der Waals surface area contributed by atoms with Gasteiger partial charge in [0, 0.05) is 5.56 Å². The van der Waals surface area contributed by atoms with Crippen molar-refractivity contribution in [2.24, 2.45) is 0 Å². The average Bonchev–Trinajstić information content (AvgIpc) is 2.72. The zero-order chi connectivity index (χ0) is 15.4. The van der Waals surface area contributed by atoms with Crippen LogP contribution in [-0.4, -0.2) is 17.2 Å². The summed E-state index contributed by atoms with van der Waals surface area (Å²) in [6, 6.07) is 7.40. The Morgan fingerprint density at radius 3 is 2.67 bits per heavy atom. The van der Waals surface area contributed by atoms with Gasteiger partial charge in [0.15, 0.2) is 0 Å². The smallest absolute Gasteiger partial charge is 0.229 e. The molecule has 1 aromatic heterocycles. The van der Waals surface area contributed by atoms with Crippen LogP contribution in [0.1, 0.15) is 30.9 Å². The zero-order valence-electron chi connectivity index (χ0n) is 12.8. The molecule has 112 valence electrons. The molecule has 0 atom stereocenters. The first kappa shape index (κ1) is 15.1. The Balaban J connectivity index is 2.10. The summed E-state index contributed by atoms with van der Waals surface area (Å²) in [5.41, 5.74) is 2.24. The van der Waals surface area contributed by atoms with Crippen molar-refractivity contribution in [3.8, 4) is 5.75 Å². The lowest BCUT2D eigenvalue weighted by atomic mass is 10.1. The predicted molar refractivity (Wildman–Crippen MR) is 80.5 cm³/mol. The molecular formula is C16H20N2O3. The van der Waals surface area contributed by atoms with E-state index in [4.69, 9.17) is 9.26 Å². The fraction of sp³-hybridized carbons (Fsp3) is 0.375. The zero-order valence-corrected chi connectivity index (χ0v) is 12.8. The summed E-state index contributed by atoms with van der Waals surface area (Å²) in [6.45, 7) is 7.53. The van der Waals surface area contributed by atoms with E-state index in [1.165, 1.54) is 0 Å². The summed E-state index contributed by atoms with van der Waals surface area (Å²) >= 11 is 0. The normalized spacial score (nSPS) is 10.7. The number of aryl methyl sites for hydroxylation is 2. The van der Waals surface area contributed by atoms with Crippen molar-refractivity contribution in [2.75, 3.05) is 5.32 Å². The minimum atomic E-state index is -0.121. The Kier molecular flexibility index (Phi) is 4.62. The molecule has 0 aliphatic carbocycles. The molecule has 0 aliphatic rings. The summed E-state index contributed by atoms with van der Waals surface area (Å²) in [5, 5.41) is 6.73. The van der Waals surface area contributed by atoms with E-state index in [1.54, 1.807) is 6.92 Å². The number of carbonyl (C=O) groups is 1. The summed E-state index contributed by atoms with van der Waals surface area (Å²) in [7, 11) is 0. The fourth-order valence-electron chi connectivity index (χ4n) is 2.04. The number of hydrogen-bond donors (Lipinski definition) is 1. The van der Waals surface area contributed by atoms with E-state index >= 15 is 0 Å². The highest BCUT2D eigenvalue weighted by molar-refractivity contribution is 5.93. The van der Waals surface area contributed by atoms with Gasteiger partial charge in [0.1, 0.15) is 11.5 Å². The summed E-state index contributed by atoms with van der Waals surface area (Å²) < 4.78 is 10.8. The van der Waals surface area contributed by atoms with Crippen LogP contribution in [0.4, 0.5) is 5.69 Å². The molecule has 1 heterocycles. The van der Waals surface area contributed by atoms with Gasteiger partial charge in [0.05, 0.1) is 23.9 Å². The molecule has 21 heavy (non-hydrogen) atoms. The Hall–Kier alpha value is -2.30. The highest BCUT2D eigenvalue weighted by Gasteiger charge is 2.15. The minimum Gasteiger partial charge on any atom is -0.489 e. The number of anilines is 1. The third-order valence-corrected chi connectivity index (χ3v) is 3.04. The fourth-order valence-corrected chi connectivity index (χ4v) is 2.04. The molecule has 2 aromatic rings. The molecular weight excluding hydrogens is 268 g/mol. The van der Waals surface area contributed by atoms with Crippen LogP contribution in [0.2, 0.25) is 0 Å². The number of aromatic nitrogens is 1. The van der Waals surface area contributed by atoms with Crippen molar-refractivity contribution in [2.45, 2.75) is 40.2 Å². The highest BCUT2D eigenvalue weighted by atomic mass is 16.5. The molecule has 0 radical (unpaired) electrons. The van der Waals surface area contributed by atoms with Gasteiger partial charge in [-0.3, -0.25) is 4.79 Å². The van der Waals surface area contributed by atoms with Gasteiger partial charge in [-0.15, -0.1) is 0 Å². The van der Waals surface area contributed by atoms with Gasteiger partial charge in [-0.2, -0.15) is 0 Å². The third-order valence-electron chi connectivity index (χ3n) is 3.04. The summed E-state index contributed by atoms with van der Waals surface area (Å²) in [4.78, 5) is 12.2. The van der Waals surface area contributed by atoms with Gasteiger partial charge in [-0.05, 0) is 39.8 Å². The van der Waals surface area contributed by atoms with Crippen molar-refractivity contribution in [3.05, 3.63) is 41.3 Å². The van der Waals surface area contributed by atoms with Crippen molar-refractivity contribution < 1.29 is 14.1 Å². The van der Waals surface area contributed by atoms with E-state index in [-0.39, 0.29) is 18.4 Å². The standard InChI is InChI=1S/C16H20N2O3/c1-10(2)20-15-8-6-5-7-14(15)17-16(19)9-13-11(3)18-21-12(13)4/h5-8,10H,9H2,1-4H3,(H,17,19). The summed E-state index contributed by atoms with van der Waals surface area (Å²) in [5.74, 6) is 1.22. The number of amides is 1. The maximum Gasteiger partial charge on any atom is 0.229 e. The quantitative estimate of drug-likeness (QED) is 0.917. The van der Waals surface area contributed by atoms with Crippen LogP contribution < -0.4 is 10.1 Å². The van der Waals surface area contributed by atoms with E-state index in [2.05, 4.69) is 10.5 Å². The Morgan fingerprint density at radius 1 is 1.33 bits per heavy atom. The van der Waals surface area contributed by atoms with Gasteiger partial charge in [0.25, 0.3) is 0 Å². The van der Waals surface area contributed by atoms with Crippen LogP contribution in [-0.2, 0) is 11.2 Å². The van der Waals surface area contributed by atoms with Gasteiger partial charge >= 0.3 is 0 Å². The van der Waals surface area contributed by atoms with E-state index < -0.39 is 0 Å². The summed E-state index contributed by atoms with van der Waals surface area (Å²) in [6.07, 6.45) is 0.280. The number of benzene rings is 1. The van der Waals surface area contributed by atoms with Crippen LogP contribution in [0, 0.1) is 13.8 Å². The van der Waals surface area contributed by atoms with Crippen LogP contribution in [0.25, 0.3) is 0 Å². The lowest BCUT2D eigenvalue weighted by Gasteiger charge is -2.14. The first-order valence-electron chi connectivity index (χ1n) is 6.94. The molecule has 0 fully saturated rings. The third kappa shape index (κ3) is 3.84. The second-order valence-corrected chi connectivity index (χ2v) is 5.19. The second kappa shape index (κ2) is 6.43. The van der Waals surface area contributed by atoms with Gasteiger partial charge in [-0.1, -0.05) is 17.3 Å². The average molecular weight is 288 g/mol. The first-order chi connectivity index (χ1) is 9.97. The van der Waals surface area contributed by atoms with Gasteiger partial charge in [-0.25, -0.2) is 0 Å². The molecule has 1 aromatic carbocycles. The van der Waals surface area contributed by atoms with Crippen molar-refractivity contribution in [1.29, 1.82) is 0 Å². The van der Waals surface area contributed by atoms with Gasteiger partial charge in [0.2, 0.25) is 5.91 Å². The SMILES string of the molecule is Cc1noc(C)c1CC(=O)Nc1ccccc1OC(C)C. The number of nitrogens with zero attached hydrogens (tertiary/aromatic N) is 1. The maximum atomic E-state index is 12.2. The van der Waals surface area contributed by atoms with E-state index in [9.17, 15) is 4.79 Å². The topological polar surface area (TPSA) is 64.4 Å². The number of ether oxygens (including phenoxy) is 1. The van der Waals surface area contributed by atoms with Crippen LogP contribution in [0.3, 0.4) is 0 Å². The Labute approximate surface area is 124 Å². The van der Waals surface area contributed by atoms with Crippen LogP contribution >= 0.6 is 0 Å². The molecule has 0 spiro atoms. The molecule has 5 heteroatoms. The molecule has 2 rings (SSSR count). The molecule has 0 saturated heterocycles. The van der Waals surface area contributed by atoms with Crippen molar-refractivity contribution in [1.82, 2.24) is 5.16 Å². The first-order valence-corrected chi connectivity index (χ1v) is 6.94. The van der Waals surface area contributed by atoms with E-state index in [0.717, 1.165) is 11.3 Å². The monoisotopic (exact) mass is 288 g/mol. The molecule has 0 aliphatic heterocycles. The molecule has 0 bridgehead atoms. The second-order valence-electron chi connectivity index (χ2n) is 5.19. The van der Waals surface area contributed by atoms with E-state index in [0.29, 0.717) is 17.2 Å². The number of para-hydroxylation sites is 2. The van der Waals surface area contributed by atoms with Crippen LogP contribution in [0.5, 0.6) is 5.75 Å². The number of rotatable bonds is 5. The van der Waals surface area contributed by atoms with Crippen LogP contribution in [0.15, 0.2) is 28.8 Å². The lowest BCUT2D eigenvalue weighted by molar-refractivity contribution is -0.115. The highest BCUT2D eigenvalue weighted by Crippen LogP contribution is 2.25. The maximum absolute atomic E-state index is 12.2. The molecule has 1 N–H and O–H groups in total. The molecule has 5 nitrogen and oxygen atoms in total. The molecule has 0 unspecified atom stereocenters. The number of hydrogen-bond acceptors (Lipinski definition) is 4. The number of carbonyl (C=O) groups excluding carboxylic acids is 1.